The molecule has 0 bridgehead atoms. The van der Waals surface area contributed by atoms with Crippen LogP contribution in [0.5, 0.6) is 5.75 Å². The van der Waals surface area contributed by atoms with E-state index >= 15 is 0 Å². The van der Waals surface area contributed by atoms with Gasteiger partial charge in [0.1, 0.15) is 5.75 Å². The topological polar surface area (TPSA) is 42.4 Å². The lowest BCUT2D eigenvalue weighted by Gasteiger charge is -2.17. The molecule has 0 saturated carbocycles. The van der Waals surface area contributed by atoms with Gasteiger partial charge < -0.3 is 9.64 Å². The minimum Gasteiger partial charge on any atom is -0.482 e. The number of benzene rings is 1. The molecule has 0 spiro atoms. The largest absolute Gasteiger partial charge is 0.482 e. The van der Waals surface area contributed by atoms with Crippen molar-refractivity contribution in [2.24, 2.45) is 0 Å². The molecule has 2 aromatic rings. The van der Waals surface area contributed by atoms with Crippen LogP contribution in [0, 0.1) is 0 Å². The van der Waals surface area contributed by atoms with E-state index in [0.717, 1.165) is 5.56 Å². The monoisotopic (exact) mass is 290 g/mol. The van der Waals surface area contributed by atoms with Gasteiger partial charge in [0.15, 0.2) is 6.61 Å². The number of amides is 1. The van der Waals surface area contributed by atoms with Crippen molar-refractivity contribution in [3.05, 3.63) is 59.4 Å². The minimum absolute atomic E-state index is 0.0412. The molecule has 0 aliphatic heterocycles. The first kappa shape index (κ1) is 14.3. The fourth-order valence-corrected chi connectivity index (χ4v) is 1.86. The number of pyridine rings is 1. The van der Waals surface area contributed by atoms with Crippen LogP contribution in [0.4, 0.5) is 0 Å². The van der Waals surface area contributed by atoms with E-state index in [1.54, 1.807) is 36.5 Å². The van der Waals surface area contributed by atoms with Crippen LogP contribution in [0.1, 0.15) is 5.56 Å². The summed E-state index contributed by atoms with van der Waals surface area (Å²) in [5.74, 6) is 0.395. The number of para-hydroxylation sites is 1. The molecule has 0 saturated heterocycles. The molecule has 0 aliphatic carbocycles. The fourth-order valence-electron chi connectivity index (χ4n) is 1.67. The summed E-state index contributed by atoms with van der Waals surface area (Å²) < 4.78 is 5.42. The van der Waals surface area contributed by atoms with Crippen LogP contribution in [-0.2, 0) is 11.3 Å². The Balaban J connectivity index is 1.87. The second-order valence-corrected chi connectivity index (χ2v) is 4.74. The molecule has 1 heterocycles. The van der Waals surface area contributed by atoms with Gasteiger partial charge in [-0.1, -0.05) is 29.8 Å². The van der Waals surface area contributed by atoms with E-state index in [1.165, 1.54) is 0 Å². The van der Waals surface area contributed by atoms with E-state index in [1.807, 2.05) is 24.3 Å². The lowest BCUT2D eigenvalue weighted by molar-refractivity contribution is -0.132. The van der Waals surface area contributed by atoms with Crippen molar-refractivity contribution in [1.29, 1.82) is 0 Å². The summed E-state index contributed by atoms with van der Waals surface area (Å²) in [7, 11) is 1.73. The van der Waals surface area contributed by atoms with Crippen LogP contribution >= 0.6 is 11.6 Å². The van der Waals surface area contributed by atoms with Gasteiger partial charge >= 0.3 is 0 Å². The first-order valence-corrected chi connectivity index (χ1v) is 6.55. The molecule has 1 amide bonds. The molecule has 1 aromatic heterocycles. The summed E-state index contributed by atoms with van der Waals surface area (Å²) >= 11 is 5.96. The standard InChI is InChI=1S/C15H15ClN2O2/c1-18(10-12-5-4-8-17-9-12)15(19)11-20-14-7-3-2-6-13(14)16/h2-9H,10-11H2,1H3. The second kappa shape index (κ2) is 6.91. The Morgan fingerprint density at radius 2 is 2.10 bits per heavy atom. The number of carbonyl (C=O) groups is 1. The van der Waals surface area contributed by atoms with Crippen LogP contribution in [0.2, 0.25) is 5.02 Å². The minimum atomic E-state index is -0.117. The van der Waals surface area contributed by atoms with E-state index in [-0.39, 0.29) is 12.5 Å². The number of ether oxygens (including phenoxy) is 1. The molecule has 20 heavy (non-hydrogen) atoms. The Morgan fingerprint density at radius 1 is 1.30 bits per heavy atom. The summed E-state index contributed by atoms with van der Waals surface area (Å²) in [6, 6.07) is 10.8. The molecule has 2 rings (SSSR count). The molecule has 0 fully saturated rings. The Bertz CT molecular complexity index is 575. The van der Waals surface area contributed by atoms with Gasteiger partial charge in [0.25, 0.3) is 5.91 Å². The number of nitrogens with zero attached hydrogens (tertiary/aromatic N) is 2. The predicted octanol–water partition coefficient (Wildman–Crippen LogP) is 2.77. The maximum atomic E-state index is 12.0. The summed E-state index contributed by atoms with van der Waals surface area (Å²) in [5.41, 5.74) is 0.973. The highest BCUT2D eigenvalue weighted by atomic mass is 35.5. The number of hydrogen-bond donors (Lipinski definition) is 0. The van der Waals surface area contributed by atoms with Crippen LogP contribution < -0.4 is 4.74 Å². The molecule has 5 heteroatoms. The van der Waals surface area contributed by atoms with Crippen molar-refractivity contribution >= 4 is 17.5 Å². The van der Waals surface area contributed by atoms with Crippen molar-refractivity contribution in [2.75, 3.05) is 13.7 Å². The Morgan fingerprint density at radius 3 is 2.80 bits per heavy atom. The molecule has 4 nitrogen and oxygen atoms in total. The van der Waals surface area contributed by atoms with Crippen LogP contribution in [-0.4, -0.2) is 29.4 Å². The third-order valence-electron chi connectivity index (χ3n) is 2.76. The number of likely N-dealkylation sites (N-methyl/N-ethyl adjacent to an activating group) is 1. The summed E-state index contributed by atoms with van der Waals surface area (Å²) in [4.78, 5) is 17.6. The second-order valence-electron chi connectivity index (χ2n) is 4.33. The Labute approximate surface area is 123 Å². The van der Waals surface area contributed by atoms with Gasteiger partial charge in [-0.25, -0.2) is 0 Å². The zero-order valence-corrected chi connectivity index (χ0v) is 11.9. The van der Waals surface area contributed by atoms with Gasteiger partial charge in [0, 0.05) is 26.0 Å². The van der Waals surface area contributed by atoms with Crippen LogP contribution in [0.15, 0.2) is 48.8 Å². The Kier molecular flexibility index (Phi) is 4.96. The summed E-state index contributed by atoms with van der Waals surface area (Å²) in [6.45, 7) is 0.457. The van der Waals surface area contributed by atoms with Crippen molar-refractivity contribution in [1.82, 2.24) is 9.88 Å². The molecule has 104 valence electrons. The van der Waals surface area contributed by atoms with Crippen LogP contribution in [0.3, 0.4) is 0 Å². The maximum absolute atomic E-state index is 12.0. The number of rotatable bonds is 5. The van der Waals surface area contributed by atoms with Crippen molar-refractivity contribution in [3.63, 3.8) is 0 Å². The van der Waals surface area contributed by atoms with Crippen molar-refractivity contribution in [3.8, 4) is 5.75 Å². The molecule has 0 atom stereocenters. The van der Waals surface area contributed by atoms with Gasteiger partial charge in [-0.3, -0.25) is 9.78 Å². The van der Waals surface area contributed by atoms with E-state index in [4.69, 9.17) is 16.3 Å². The predicted molar refractivity (Wildman–Crippen MR) is 77.7 cm³/mol. The third-order valence-corrected chi connectivity index (χ3v) is 3.07. The zero-order valence-electron chi connectivity index (χ0n) is 11.1. The number of carbonyl (C=O) groups excluding carboxylic acids is 1. The molecule has 0 radical (unpaired) electrons. The van der Waals surface area contributed by atoms with E-state index in [0.29, 0.717) is 17.3 Å². The first-order chi connectivity index (χ1) is 9.66. The number of hydrogen-bond acceptors (Lipinski definition) is 3. The van der Waals surface area contributed by atoms with Crippen LogP contribution in [0.25, 0.3) is 0 Å². The number of halogens is 1. The van der Waals surface area contributed by atoms with Gasteiger partial charge in [-0.15, -0.1) is 0 Å². The van der Waals surface area contributed by atoms with Gasteiger partial charge in [0.2, 0.25) is 0 Å². The highest BCUT2D eigenvalue weighted by molar-refractivity contribution is 6.32. The molecule has 0 unspecified atom stereocenters. The lowest BCUT2D eigenvalue weighted by atomic mass is 10.3. The maximum Gasteiger partial charge on any atom is 0.260 e. The molecule has 0 aliphatic rings. The molecule has 1 aromatic carbocycles. The highest BCUT2D eigenvalue weighted by Crippen LogP contribution is 2.22. The lowest BCUT2D eigenvalue weighted by Crippen LogP contribution is -2.31. The summed E-state index contributed by atoms with van der Waals surface area (Å²) in [6.07, 6.45) is 3.44. The Hall–Kier alpha value is -2.07. The average molecular weight is 291 g/mol. The highest BCUT2D eigenvalue weighted by Gasteiger charge is 2.11. The molecule has 0 N–H and O–H groups in total. The van der Waals surface area contributed by atoms with Gasteiger partial charge in [-0.2, -0.15) is 0 Å². The van der Waals surface area contributed by atoms with Gasteiger partial charge in [0.05, 0.1) is 5.02 Å². The van der Waals surface area contributed by atoms with Gasteiger partial charge in [-0.05, 0) is 23.8 Å². The summed E-state index contributed by atoms with van der Waals surface area (Å²) in [5, 5.41) is 0.496. The molecular weight excluding hydrogens is 276 g/mol. The zero-order chi connectivity index (χ0) is 14.4. The molecular formula is C15H15ClN2O2. The van der Waals surface area contributed by atoms with Crippen molar-refractivity contribution in [2.45, 2.75) is 6.54 Å². The van der Waals surface area contributed by atoms with Crippen molar-refractivity contribution < 1.29 is 9.53 Å². The average Bonchev–Trinajstić information content (AvgIpc) is 2.47. The van der Waals surface area contributed by atoms with E-state index < -0.39 is 0 Å². The van der Waals surface area contributed by atoms with E-state index in [9.17, 15) is 4.79 Å². The quantitative estimate of drug-likeness (QED) is 0.850. The number of aromatic nitrogens is 1. The SMILES string of the molecule is CN(Cc1cccnc1)C(=O)COc1ccccc1Cl. The first-order valence-electron chi connectivity index (χ1n) is 6.17. The smallest absolute Gasteiger partial charge is 0.260 e. The fraction of sp³-hybridized carbons (Fsp3) is 0.200. The third kappa shape index (κ3) is 3.96. The normalized spacial score (nSPS) is 10.1. The van der Waals surface area contributed by atoms with E-state index in [2.05, 4.69) is 4.98 Å².